The molecule has 1 aromatic heterocycles. The van der Waals surface area contributed by atoms with Gasteiger partial charge in [0.1, 0.15) is 12.1 Å². The van der Waals surface area contributed by atoms with Gasteiger partial charge in [0.2, 0.25) is 0 Å². The Morgan fingerprint density at radius 2 is 2.22 bits per heavy atom. The van der Waals surface area contributed by atoms with Crippen LogP contribution in [0.4, 0.5) is 11.5 Å². The largest absolute Gasteiger partial charge is 0.369 e. The molecule has 0 bridgehead atoms. The van der Waals surface area contributed by atoms with Crippen molar-refractivity contribution in [1.82, 2.24) is 9.97 Å². The molecule has 1 saturated carbocycles. The molecule has 1 heterocycles. The highest BCUT2D eigenvalue weighted by Gasteiger charge is 2.21. The Morgan fingerprint density at radius 3 is 2.94 bits per heavy atom. The molecular formula is C12H12N4O2. The number of fused-ring (bicyclic) bond motifs is 1. The van der Waals surface area contributed by atoms with Crippen molar-refractivity contribution in [3.05, 3.63) is 34.6 Å². The molecule has 0 unspecified atom stereocenters. The van der Waals surface area contributed by atoms with Crippen molar-refractivity contribution in [3.63, 3.8) is 0 Å². The van der Waals surface area contributed by atoms with E-state index in [2.05, 4.69) is 15.3 Å². The number of nitrogens with zero attached hydrogens (tertiary/aromatic N) is 3. The molecular weight excluding hydrogens is 232 g/mol. The van der Waals surface area contributed by atoms with E-state index < -0.39 is 4.92 Å². The number of hydrogen-bond donors (Lipinski definition) is 1. The summed E-state index contributed by atoms with van der Waals surface area (Å²) in [7, 11) is 0. The minimum absolute atomic E-state index is 0.0618. The topological polar surface area (TPSA) is 81.0 Å². The molecule has 18 heavy (non-hydrogen) atoms. The first-order valence-corrected chi connectivity index (χ1v) is 5.87. The molecule has 1 aliphatic rings. The Labute approximate surface area is 103 Å². The van der Waals surface area contributed by atoms with Gasteiger partial charge in [-0.15, -0.1) is 0 Å². The van der Waals surface area contributed by atoms with E-state index in [-0.39, 0.29) is 5.69 Å². The molecule has 6 heteroatoms. The van der Waals surface area contributed by atoms with Crippen molar-refractivity contribution < 1.29 is 4.92 Å². The summed E-state index contributed by atoms with van der Waals surface area (Å²) in [6.45, 7) is 0.870. The van der Waals surface area contributed by atoms with Gasteiger partial charge in [-0.05, 0) is 24.8 Å². The van der Waals surface area contributed by atoms with Crippen molar-refractivity contribution >= 4 is 22.4 Å². The van der Waals surface area contributed by atoms with Crippen LogP contribution in [0.3, 0.4) is 0 Å². The second-order valence-electron chi connectivity index (χ2n) is 4.51. The van der Waals surface area contributed by atoms with Gasteiger partial charge >= 0.3 is 0 Å². The van der Waals surface area contributed by atoms with Crippen LogP contribution in [0.5, 0.6) is 0 Å². The van der Waals surface area contributed by atoms with Gasteiger partial charge in [0.05, 0.1) is 10.4 Å². The fourth-order valence-corrected chi connectivity index (χ4v) is 1.86. The highest BCUT2D eigenvalue weighted by Crippen LogP contribution is 2.30. The monoisotopic (exact) mass is 244 g/mol. The Balaban J connectivity index is 1.99. The highest BCUT2D eigenvalue weighted by molar-refractivity contribution is 5.90. The van der Waals surface area contributed by atoms with Crippen molar-refractivity contribution in [1.29, 1.82) is 0 Å². The molecule has 2 aromatic rings. The molecule has 1 aliphatic carbocycles. The fraction of sp³-hybridized carbons (Fsp3) is 0.333. The zero-order valence-corrected chi connectivity index (χ0v) is 9.67. The Bertz CT molecular complexity index is 610. The van der Waals surface area contributed by atoms with Crippen LogP contribution in [0.25, 0.3) is 10.9 Å². The quantitative estimate of drug-likeness (QED) is 0.659. The molecule has 0 spiro atoms. The van der Waals surface area contributed by atoms with Crippen molar-refractivity contribution in [2.75, 3.05) is 11.9 Å². The third-order valence-corrected chi connectivity index (χ3v) is 3.08. The van der Waals surface area contributed by atoms with E-state index in [9.17, 15) is 10.1 Å². The molecule has 0 atom stereocenters. The van der Waals surface area contributed by atoms with Crippen molar-refractivity contribution in [2.24, 2.45) is 5.92 Å². The number of aromatic nitrogens is 2. The summed E-state index contributed by atoms with van der Waals surface area (Å²) in [6.07, 6.45) is 3.97. The normalized spacial score (nSPS) is 14.7. The highest BCUT2D eigenvalue weighted by atomic mass is 16.6. The predicted molar refractivity (Wildman–Crippen MR) is 67.4 cm³/mol. The van der Waals surface area contributed by atoms with Gasteiger partial charge in [0.15, 0.2) is 0 Å². The summed E-state index contributed by atoms with van der Waals surface area (Å²) in [4.78, 5) is 18.6. The van der Waals surface area contributed by atoms with Crippen LogP contribution in [-0.4, -0.2) is 21.4 Å². The fourth-order valence-electron chi connectivity index (χ4n) is 1.86. The van der Waals surface area contributed by atoms with Gasteiger partial charge in [0.25, 0.3) is 5.69 Å². The summed E-state index contributed by atoms with van der Waals surface area (Å²) < 4.78 is 0. The molecule has 0 aliphatic heterocycles. The molecule has 0 radical (unpaired) electrons. The number of nitrogens with one attached hydrogen (secondary N) is 1. The summed E-state index contributed by atoms with van der Waals surface area (Å²) in [5, 5.41) is 14.7. The first kappa shape index (κ1) is 10.9. The summed E-state index contributed by atoms with van der Waals surface area (Å²) in [6, 6.07) is 4.63. The van der Waals surface area contributed by atoms with E-state index in [0.29, 0.717) is 22.6 Å². The van der Waals surface area contributed by atoms with E-state index in [1.165, 1.54) is 31.3 Å². The van der Waals surface area contributed by atoms with Crippen LogP contribution in [0.1, 0.15) is 12.8 Å². The lowest BCUT2D eigenvalue weighted by Gasteiger charge is -2.07. The molecule has 0 amide bonds. The van der Waals surface area contributed by atoms with Crippen LogP contribution < -0.4 is 5.32 Å². The average molecular weight is 244 g/mol. The van der Waals surface area contributed by atoms with E-state index >= 15 is 0 Å². The zero-order valence-electron chi connectivity index (χ0n) is 9.67. The number of benzene rings is 1. The molecule has 0 saturated heterocycles. The molecule has 3 rings (SSSR count). The van der Waals surface area contributed by atoms with Crippen LogP contribution in [0.15, 0.2) is 24.5 Å². The summed E-state index contributed by atoms with van der Waals surface area (Å²) >= 11 is 0. The first-order chi connectivity index (χ1) is 8.74. The Hall–Kier alpha value is -2.24. The zero-order chi connectivity index (χ0) is 12.5. The lowest BCUT2D eigenvalue weighted by Crippen LogP contribution is -2.05. The second kappa shape index (κ2) is 4.21. The Kier molecular flexibility index (Phi) is 2.55. The van der Waals surface area contributed by atoms with Gasteiger partial charge in [-0.1, -0.05) is 0 Å². The molecule has 1 fully saturated rings. The van der Waals surface area contributed by atoms with Gasteiger partial charge in [-0.25, -0.2) is 9.97 Å². The minimum Gasteiger partial charge on any atom is -0.369 e. The minimum atomic E-state index is -0.406. The van der Waals surface area contributed by atoms with Crippen LogP contribution in [0, 0.1) is 16.0 Å². The SMILES string of the molecule is O=[N+]([O-])c1ccc2ncnc(NCC3CC3)c2c1. The second-order valence-corrected chi connectivity index (χ2v) is 4.51. The number of non-ortho nitro benzene ring substituents is 1. The van der Waals surface area contributed by atoms with Crippen LogP contribution in [0.2, 0.25) is 0 Å². The maximum absolute atomic E-state index is 10.8. The third-order valence-electron chi connectivity index (χ3n) is 3.08. The maximum atomic E-state index is 10.8. The van der Waals surface area contributed by atoms with Crippen molar-refractivity contribution in [3.8, 4) is 0 Å². The molecule has 92 valence electrons. The number of hydrogen-bond acceptors (Lipinski definition) is 5. The van der Waals surface area contributed by atoms with Gasteiger partial charge < -0.3 is 5.32 Å². The first-order valence-electron chi connectivity index (χ1n) is 5.87. The number of rotatable bonds is 4. The molecule has 1 aromatic carbocycles. The average Bonchev–Trinajstić information content (AvgIpc) is 3.19. The van der Waals surface area contributed by atoms with E-state index in [1.807, 2.05) is 0 Å². The Morgan fingerprint density at radius 1 is 1.39 bits per heavy atom. The van der Waals surface area contributed by atoms with E-state index in [0.717, 1.165) is 6.54 Å². The number of nitro benzene ring substituents is 1. The summed E-state index contributed by atoms with van der Waals surface area (Å²) in [5.74, 6) is 1.39. The lowest BCUT2D eigenvalue weighted by atomic mass is 10.2. The summed E-state index contributed by atoms with van der Waals surface area (Å²) in [5.41, 5.74) is 0.778. The third kappa shape index (κ3) is 2.09. The predicted octanol–water partition coefficient (Wildman–Crippen LogP) is 2.36. The van der Waals surface area contributed by atoms with Gasteiger partial charge in [0, 0.05) is 24.1 Å². The van der Waals surface area contributed by atoms with Crippen LogP contribution in [-0.2, 0) is 0 Å². The van der Waals surface area contributed by atoms with Crippen LogP contribution >= 0.6 is 0 Å². The van der Waals surface area contributed by atoms with E-state index in [1.54, 1.807) is 6.07 Å². The van der Waals surface area contributed by atoms with Crippen molar-refractivity contribution in [2.45, 2.75) is 12.8 Å². The number of nitro groups is 1. The maximum Gasteiger partial charge on any atom is 0.270 e. The molecule has 6 nitrogen and oxygen atoms in total. The molecule has 1 N–H and O–H groups in total. The smallest absolute Gasteiger partial charge is 0.270 e. The van der Waals surface area contributed by atoms with Gasteiger partial charge in [-0.2, -0.15) is 0 Å². The lowest BCUT2D eigenvalue weighted by molar-refractivity contribution is -0.384. The number of anilines is 1. The van der Waals surface area contributed by atoms with E-state index in [4.69, 9.17) is 0 Å². The van der Waals surface area contributed by atoms with Gasteiger partial charge in [-0.3, -0.25) is 10.1 Å². The standard InChI is InChI=1S/C12H12N4O2/c17-16(18)9-3-4-11-10(5-9)12(15-7-14-11)13-6-8-1-2-8/h3-5,7-8H,1-2,6H2,(H,13,14,15).